The number of carbonyl (C=O) groups excluding carboxylic acids is 4. The molecule has 0 unspecified atom stereocenters. The van der Waals surface area contributed by atoms with Crippen LogP contribution in [0.2, 0.25) is 0 Å². The zero-order valence-corrected chi connectivity index (χ0v) is 16.0. The van der Waals surface area contributed by atoms with Crippen molar-refractivity contribution in [2.75, 3.05) is 25.6 Å². The third-order valence-corrected chi connectivity index (χ3v) is 4.29. The number of primary amides is 1. The minimum absolute atomic E-state index is 0.138. The Hall–Kier alpha value is -3.40. The second-order valence-electron chi connectivity index (χ2n) is 5.45. The Morgan fingerprint density at radius 1 is 1.11 bits per heavy atom. The molecule has 0 fully saturated rings. The van der Waals surface area contributed by atoms with Crippen LogP contribution in [-0.4, -0.2) is 43.9 Å². The highest BCUT2D eigenvalue weighted by Crippen LogP contribution is 2.28. The molecule has 1 aromatic carbocycles. The van der Waals surface area contributed by atoms with Crippen LogP contribution in [0, 0.1) is 0 Å². The van der Waals surface area contributed by atoms with Crippen LogP contribution >= 0.6 is 11.3 Å². The number of thiophene rings is 1. The highest BCUT2D eigenvalue weighted by atomic mass is 32.1. The first-order valence-corrected chi connectivity index (χ1v) is 8.84. The summed E-state index contributed by atoms with van der Waals surface area (Å²) in [6, 6.07) is 6.01. The van der Waals surface area contributed by atoms with Crippen molar-refractivity contribution in [2.24, 2.45) is 5.73 Å². The fourth-order valence-corrected chi connectivity index (χ4v) is 2.90. The largest absolute Gasteiger partial charge is 0.493 e. The van der Waals surface area contributed by atoms with Crippen LogP contribution in [0.5, 0.6) is 11.5 Å². The van der Waals surface area contributed by atoms with E-state index in [1.54, 1.807) is 5.38 Å². The van der Waals surface area contributed by atoms with Crippen LogP contribution in [0.3, 0.4) is 0 Å². The molecular formula is C18H18N2O7S. The van der Waals surface area contributed by atoms with Crippen LogP contribution in [-0.2, 0) is 14.3 Å². The molecule has 0 atom stereocenters. The first-order chi connectivity index (χ1) is 13.3. The van der Waals surface area contributed by atoms with Gasteiger partial charge in [0.1, 0.15) is 5.00 Å². The molecule has 2 amide bonds. The average Bonchev–Trinajstić information content (AvgIpc) is 3.12. The number of hydrogen-bond acceptors (Lipinski definition) is 8. The molecule has 0 aliphatic carbocycles. The van der Waals surface area contributed by atoms with E-state index < -0.39 is 31.0 Å². The Morgan fingerprint density at radius 2 is 1.86 bits per heavy atom. The Labute approximate surface area is 164 Å². The third kappa shape index (κ3) is 5.55. The van der Waals surface area contributed by atoms with E-state index in [9.17, 15) is 19.2 Å². The van der Waals surface area contributed by atoms with Crippen molar-refractivity contribution in [3.8, 4) is 11.5 Å². The SMILES string of the molecule is COc1cc(C(C)=O)ccc1OCC(=O)OCC(=O)Nc1sccc1C(N)=O. The number of methoxy groups -OCH3 is 1. The summed E-state index contributed by atoms with van der Waals surface area (Å²) in [6.45, 7) is 0.396. The predicted octanol–water partition coefficient (Wildman–Crippen LogP) is 1.62. The van der Waals surface area contributed by atoms with Gasteiger partial charge in [0.15, 0.2) is 30.5 Å². The second-order valence-corrected chi connectivity index (χ2v) is 6.36. The van der Waals surface area contributed by atoms with Gasteiger partial charge in [-0.3, -0.25) is 14.4 Å². The molecule has 0 aliphatic rings. The molecule has 2 aromatic rings. The number of amides is 2. The summed E-state index contributed by atoms with van der Waals surface area (Å²) in [5.74, 6) is -1.68. The summed E-state index contributed by atoms with van der Waals surface area (Å²) < 4.78 is 15.3. The molecule has 0 radical (unpaired) electrons. The van der Waals surface area contributed by atoms with Crippen molar-refractivity contribution in [2.45, 2.75) is 6.92 Å². The lowest BCUT2D eigenvalue weighted by molar-refractivity contribution is -0.149. The maximum Gasteiger partial charge on any atom is 0.344 e. The number of benzene rings is 1. The predicted molar refractivity (Wildman–Crippen MR) is 101 cm³/mol. The van der Waals surface area contributed by atoms with Gasteiger partial charge in [0.05, 0.1) is 12.7 Å². The summed E-state index contributed by atoms with van der Waals surface area (Å²) in [5, 5.41) is 4.32. The normalized spacial score (nSPS) is 10.1. The topological polar surface area (TPSA) is 134 Å². The Bertz CT molecular complexity index is 907. The minimum Gasteiger partial charge on any atom is -0.493 e. The fourth-order valence-electron chi connectivity index (χ4n) is 2.09. The minimum atomic E-state index is -0.783. The van der Waals surface area contributed by atoms with Crippen LogP contribution in [0.25, 0.3) is 0 Å². The highest BCUT2D eigenvalue weighted by Gasteiger charge is 2.15. The number of anilines is 1. The number of ether oxygens (including phenoxy) is 3. The van der Waals surface area contributed by atoms with Crippen LogP contribution in [0.1, 0.15) is 27.6 Å². The standard InChI is InChI=1S/C18H18N2O7S/c1-10(21)11-3-4-13(14(7-11)25-2)26-9-16(23)27-8-15(22)20-18-12(17(19)24)5-6-28-18/h3-7H,8-9H2,1-2H3,(H2,19,24)(H,20,22). The molecule has 0 bridgehead atoms. The van der Waals surface area contributed by atoms with Crippen LogP contribution in [0.15, 0.2) is 29.6 Å². The summed E-state index contributed by atoms with van der Waals surface area (Å²) in [6.07, 6.45) is 0. The Kier molecular flexibility index (Phi) is 7.10. The van der Waals surface area contributed by atoms with E-state index in [-0.39, 0.29) is 27.8 Å². The van der Waals surface area contributed by atoms with Gasteiger partial charge in [-0.05, 0) is 36.6 Å². The molecule has 0 spiro atoms. The summed E-state index contributed by atoms with van der Waals surface area (Å²) in [7, 11) is 1.40. The Morgan fingerprint density at radius 3 is 2.50 bits per heavy atom. The molecule has 0 saturated heterocycles. The number of rotatable bonds is 9. The molecular weight excluding hydrogens is 388 g/mol. The molecule has 0 aliphatic heterocycles. The molecule has 1 heterocycles. The smallest absolute Gasteiger partial charge is 0.344 e. The Balaban J connectivity index is 1.84. The van der Waals surface area contributed by atoms with E-state index in [4.69, 9.17) is 19.9 Å². The van der Waals surface area contributed by atoms with E-state index in [2.05, 4.69) is 5.32 Å². The highest BCUT2D eigenvalue weighted by molar-refractivity contribution is 7.14. The van der Waals surface area contributed by atoms with E-state index >= 15 is 0 Å². The molecule has 10 heteroatoms. The van der Waals surface area contributed by atoms with Gasteiger partial charge < -0.3 is 25.3 Å². The summed E-state index contributed by atoms with van der Waals surface area (Å²) in [4.78, 5) is 46.2. The average molecular weight is 406 g/mol. The first kappa shape index (κ1) is 20.9. The van der Waals surface area contributed by atoms with Gasteiger partial charge in [-0.15, -0.1) is 11.3 Å². The molecule has 1 aromatic heterocycles. The quantitative estimate of drug-likeness (QED) is 0.477. The van der Waals surface area contributed by atoms with Crippen molar-refractivity contribution in [3.05, 3.63) is 40.8 Å². The maximum atomic E-state index is 11.8. The third-order valence-electron chi connectivity index (χ3n) is 3.46. The van der Waals surface area contributed by atoms with Gasteiger partial charge >= 0.3 is 5.97 Å². The van der Waals surface area contributed by atoms with E-state index in [0.29, 0.717) is 5.56 Å². The van der Waals surface area contributed by atoms with Crippen molar-refractivity contribution >= 4 is 39.9 Å². The number of hydrogen-bond donors (Lipinski definition) is 2. The first-order valence-electron chi connectivity index (χ1n) is 7.96. The van der Waals surface area contributed by atoms with Gasteiger partial charge in [-0.2, -0.15) is 0 Å². The van der Waals surface area contributed by atoms with Crippen LogP contribution in [0.4, 0.5) is 5.00 Å². The van der Waals surface area contributed by atoms with Crippen molar-refractivity contribution in [3.63, 3.8) is 0 Å². The number of nitrogens with one attached hydrogen (secondary N) is 1. The van der Waals surface area contributed by atoms with Gasteiger partial charge in [0.2, 0.25) is 0 Å². The zero-order valence-electron chi connectivity index (χ0n) is 15.1. The van der Waals surface area contributed by atoms with E-state index in [1.807, 2.05) is 0 Å². The number of Topliss-reactive ketones (excluding diaryl/α,β-unsaturated/α-hetero) is 1. The zero-order chi connectivity index (χ0) is 20.7. The summed E-state index contributed by atoms with van der Waals surface area (Å²) in [5.41, 5.74) is 5.80. The lowest BCUT2D eigenvalue weighted by Gasteiger charge is -2.11. The van der Waals surface area contributed by atoms with Crippen molar-refractivity contribution in [1.82, 2.24) is 0 Å². The molecule has 0 saturated carbocycles. The molecule has 28 heavy (non-hydrogen) atoms. The monoisotopic (exact) mass is 406 g/mol. The lowest BCUT2D eigenvalue weighted by Crippen LogP contribution is -2.24. The molecule has 148 valence electrons. The second kappa shape index (κ2) is 9.51. The summed E-state index contributed by atoms with van der Waals surface area (Å²) >= 11 is 1.12. The lowest BCUT2D eigenvalue weighted by atomic mass is 10.1. The number of nitrogens with two attached hydrogens (primary N) is 1. The molecule has 3 N–H and O–H groups in total. The van der Waals surface area contributed by atoms with Crippen LogP contribution < -0.4 is 20.5 Å². The fraction of sp³-hybridized carbons (Fsp3) is 0.222. The van der Waals surface area contributed by atoms with Crippen molar-refractivity contribution < 1.29 is 33.4 Å². The van der Waals surface area contributed by atoms with Gasteiger partial charge in [-0.1, -0.05) is 0 Å². The van der Waals surface area contributed by atoms with Crippen molar-refractivity contribution in [1.29, 1.82) is 0 Å². The number of esters is 1. The number of ketones is 1. The maximum absolute atomic E-state index is 11.8. The molecule has 9 nitrogen and oxygen atoms in total. The van der Waals surface area contributed by atoms with Gasteiger partial charge in [0, 0.05) is 5.56 Å². The number of carbonyl (C=O) groups is 4. The molecule has 2 rings (SSSR count). The van der Waals surface area contributed by atoms with Gasteiger partial charge in [0.25, 0.3) is 11.8 Å². The van der Waals surface area contributed by atoms with Gasteiger partial charge in [-0.25, -0.2) is 4.79 Å². The van der Waals surface area contributed by atoms with E-state index in [0.717, 1.165) is 11.3 Å². The van der Waals surface area contributed by atoms with E-state index in [1.165, 1.54) is 38.3 Å².